The Kier molecular flexibility index (Phi) is 5.19. The summed E-state index contributed by atoms with van der Waals surface area (Å²) in [7, 11) is 2.95. The Hall–Kier alpha value is -1.17. The molecule has 1 aromatic carbocycles. The summed E-state index contributed by atoms with van der Waals surface area (Å²) in [6.07, 6.45) is 1.67. The fourth-order valence-corrected chi connectivity index (χ4v) is 2.41. The van der Waals surface area contributed by atoms with E-state index < -0.39 is 4.33 Å². The second-order valence-electron chi connectivity index (χ2n) is 4.93. The number of hydrogen-bond acceptors (Lipinski definition) is 3. The van der Waals surface area contributed by atoms with Crippen molar-refractivity contribution < 1.29 is 14.4 Å². The first-order valence-corrected chi connectivity index (χ1v) is 7.37. The predicted octanol–water partition coefficient (Wildman–Crippen LogP) is 3.67. The van der Waals surface area contributed by atoms with Crippen molar-refractivity contribution in [2.24, 2.45) is 5.92 Å². The molecule has 1 aliphatic rings. The fourth-order valence-electron chi connectivity index (χ4n) is 1.82. The lowest BCUT2D eigenvalue weighted by atomic mass is 10.3. The SMILES string of the molecule is CON(C)C(=O)Nc1ccc(OCCC2CC2(Cl)Cl)cc1. The summed E-state index contributed by atoms with van der Waals surface area (Å²) in [6.45, 7) is 0.573. The Bertz CT molecular complexity index is 493. The van der Waals surface area contributed by atoms with Crippen LogP contribution in [0, 0.1) is 5.92 Å². The summed E-state index contributed by atoms with van der Waals surface area (Å²) >= 11 is 11.9. The number of carbonyl (C=O) groups is 1. The van der Waals surface area contributed by atoms with E-state index in [0.717, 1.165) is 23.7 Å². The van der Waals surface area contributed by atoms with E-state index in [1.807, 2.05) is 0 Å². The van der Waals surface area contributed by atoms with Crippen molar-refractivity contribution in [3.8, 4) is 5.75 Å². The molecule has 116 valence electrons. The number of rotatable bonds is 6. The lowest BCUT2D eigenvalue weighted by Gasteiger charge is -2.14. The molecule has 1 fully saturated rings. The van der Waals surface area contributed by atoms with Gasteiger partial charge in [-0.1, -0.05) is 0 Å². The van der Waals surface area contributed by atoms with Crippen LogP contribution in [0.2, 0.25) is 0 Å². The van der Waals surface area contributed by atoms with Crippen molar-refractivity contribution >= 4 is 34.9 Å². The predicted molar refractivity (Wildman–Crippen MR) is 82.9 cm³/mol. The summed E-state index contributed by atoms with van der Waals surface area (Å²) in [4.78, 5) is 16.4. The zero-order valence-electron chi connectivity index (χ0n) is 11.9. The Morgan fingerprint density at radius 2 is 2.05 bits per heavy atom. The van der Waals surface area contributed by atoms with E-state index in [1.54, 1.807) is 24.3 Å². The fraction of sp³-hybridized carbons (Fsp3) is 0.500. The molecule has 21 heavy (non-hydrogen) atoms. The van der Waals surface area contributed by atoms with Crippen molar-refractivity contribution in [3.63, 3.8) is 0 Å². The molecule has 1 N–H and O–H groups in total. The molecule has 0 radical (unpaired) electrons. The Balaban J connectivity index is 1.75. The van der Waals surface area contributed by atoms with E-state index in [9.17, 15) is 4.79 Å². The van der Waals surface area contributed by atoms with Gasteiger partial charge >= 0.3 is 6.03 Å². The van der Waals surface area contributed by atoms with Crippen LogP contribution in [-0.2, 0) is 4.84 Å². The van der Waals surface area contributed by atoms with E-state index in [-0.39, 0.29) is 6.03 Å². The number of halogens is 2. The number of anilines is 1. The van der Waals surface area contributed by atoms with Gasteiger partial charge in [0.25, 0.3) is 0 Å². The van der Waals surface area contributed by atoms with Gasteiger partial charge in [0.15, 0.2) is 0 Å². The standard InChI is InChI=1S/C14H18Cl2N2O3/c1-18(20-2)13(19)17-11-3-5-12(6-4-11)21-8-7-10-9-14(10,15)16/h3-6,10H,7-9H2,1-2H3,(H,17,19). The van der Waals surface area contributed by atoms with Gasteiger partial charge in [0.05, 0.1) is 13.7 Å². The first kappa shape index (κ1) is 16.2. The largest absolute Gasteiger partial charge is 0.494 e. The number of benzene rings is 1. The number of amides is 2. The van der Waals surface area contributed by atoms with Gasteiger partial charge in [-0.15, -0.1) is 23.2 Å². The van der Waals surface area contributed by atoms with Gasteiger partial charge in [-0.3, -0.25) is 4.84 Å². The molecule has 0 spiro atoms. The maximum absolute atomic E-state index is 11.6. The second kappa shape index (κ2) is 6.73. The Morgan fingerprint density at radius 3 is 2.57 bits per heavy atom. The molecule has 0 aromatic heterocycles. The number of urea groups is 1. The Morgan fingerprint density at radius 1 is 1.43 bits per heavy atom. The smallest absolute Gasteiger partial charge is 0.345 e. The molecule has 1 aromatic rings. The van der Waals surface area contributed by atoms with Crippen molar-refractivity contribution in [1.82, 2.24) is 5.06 Å². The third-order valence-corrected chi connectivity index (χ3v) is 4.28. The first-order chi connectivity index (χ1) is 9.92. The maximum atomic E-state index is 11.6. The van der Waals surface area contributed by atoms with E-state index in [4.69, 9.17) is 32.8 Å². The van der Waals surface area contributed by atoms with Crippen LogP contribution in [0.15, 0.2) is 24.3 Å². The van der Waals surface area contributed by atoms with Crippen LogP contribution < -0.4 is 10.1 Å². The third-order valence-electron chi connectivity index (χ3n) is 3.36. The highest BCUT2D eigenvalue weighted by atomic mass is 35.5. The van der Waals surface area contributed by atoms with Crippen LogP contribution in [-0.4, -0.2) is 36.2 Å². The minimum atomic E-state index is -0.551. The van der Waals surface area contributed by atoms with Gasteiger partial charge in [-0.25, -0.2) is 9.86 Å². The lowest BCUT2D eigenvalue weighted by Crippen LogP contribution is -2.30. The highest BCUT2D eigenvalue weighted by molar-refractivity contribution is 6.50. The summed E-state index contributed by atoms with van der Waals surface area (Å²) in [5, 5.41) is 3.79. The molecule has 0 saturated heterocycles. The molecule has 2 amide bonds. The molecule has 0 aliphatic heterocycles. The number of nitrogens with zero attached hydrogens (tertiary/aromatic N) is 1. The minimum absolute atomic E-state index is 0.323. The van der Waals surface area contributed by atoms with Crippen molar-refractivity contribution in [1.29, 1.82) is 0 Å². The van der Waals surface area contributed by atoms with Crippen molar-refractivity contribution in [2.75, 3.05) is 26.1 Å². The van der Waals surface area contributed by atoms with Gasteiger partial charge in [-0.2, -0.15) is 0 Å². The first-order valence-electron chi connectivity index (χ1n) is 6.62. The molecular formula is C14H18Cl2N2O3. The second-order valence-corrected chi connectivity index (χ2v) is 6.48. The van der Waals surface area contributed by atoms with Crippen LogP contribution in [0.3, 0.4) is 0 Å². The zero-order chi connectivity index (χ0) is 15.5. The number of nitrogens with one attached hydrogen (secondary N) is 1. The van der Waals surface area contributed by atoms with Crippen molar-refractivity contribution in [2.45, 2.75) is 17.2 Å². The van der Waals surface area contributed by atoms with E-state index in [1.165, 1.54) is 14.2 Å². The van der Waals surface area contributed by atoms with Crippen LogP contribution in [0.25, 0.3) is 0 Å². The molecule has 1 saturated carbocycles. The minimum Gasteiger partial charge on any atom is -0.494 e. The highest BCUT2D eigenvalue weighted by Crippen LogP contribution is 2.54. The van der Waals surface area contributed by atoms with Gasteiger partial charge in [0, 0.05) is 12.7 Å². The van der Waals surface area contributed by atoms with Crippen LogP contribution in [0.1, 0.15) is 12.8 Å². The highest BCUT2D eigenvalue weighted by Gasteiger charge is 2.50. The zero-order valence-corrected chi connectivity index (χ0v) is 13.4. The summed E-state index contributed by atoms with van der Waals surface area (Å²) < 4.78 is 5.06. The molecule has 0 bridgehead atoms. The quantitative estimate of drug-likeness (QED) is 0.638. The summed E-state index contributed by atoms with van der Waals surface area (Å²) in [6, 6.07) is 6.77. The molecule has 0 heterocycles. The van der Waals surface area contributed by atoms with Gasteiger partial charge < -0.3 is 10.1 Å². The topological polar surface area (TPSA) is 50.8 Å². The summed E-state index contributed by atoms with van der Waals surface area (Å²) in [5.41, 5.74) is 0.666. The van der Waals surface area contributed by atoms with Crippen LogP contribution >= 0.6 is 23.2 Å². The number of ether oxygens (including phenoxy) is 1. The van der Waals surface area contributed by atoms with Crippen molar-refractivity contribution in [3.05, 3.63) is 24.3 Å². The van der Waals surface area contributed by atoms with Gasteiger partial charge in [-0.05, 0) is 43.0 Å². The number of carbonyl (C=O) groups excluding carboxylic acids is 1. The number of hydroxylamine groups is 2. The number of alkyl halides is 2. The van der Waals surface area contributed by atoms with Gasteiger partial charge in [0.2, 0.25) is 0 Å². The van der Waals surface area contributed by atoms with Crippen LogP contribution in [0.5, 0.6) is 5.75 Å². The molecule has 1 atom stereocenters. The molecular weight excluding hydrogens is 315 g/mol. The third kappa shape index (κ3) is 4.66. The van der Waals surface area contributed by atoms with Gasteiger partial charge in [0.1, 0.15) is 10.1 Å². The summed E-state index contributed by atoms with van der Waals surface area (Å²) in [5.74, 6) is 1.06. The van der Waals surface area contributed by atoms with E-state index in [2.05, 4.69) is 5.32 Å². The molecule has 1 unspecified atom stereocenters. The molecule has 5 nitrogen and oxygen atoms in total. The normalized spacial score (nSPS) is 19.0. The Labute approximate surface area is 134 Å². The molecule has 1 aliphatic carbocycles. The average Bonchev–Trinajstić information content (AvgIpc) is 3.07. The molecule has 2 rings (SSSR count). The monoisotopic (exact) mass is 332 g/mol. The van der Waals surface area contributed by atoms with E-state index >= 15 is 0 Å². The van der Waals surface area contributed by atoms with E-state index in [0.29, 0.717) is 18.2 Å². The molecule has 7 heteroatoms. The maximum Gasteiger partial charge on any atom is 0.345 e. The average molecular weight is 333 g/mol. The lowest BCUT2D eigenvalue weighted by molar-refractivity contribution is -0.0598. The number of hydrogen-bond donors (Lipinski definition) is 1. The van der Waals surface area contributed by atoms with Crippen LogP contribution in [0.4, 0.5) is 10.5 Å².